The van der Waals surface area contributed by atoms with E-state index >= 15 is 0 Å². The largest absolute Gasteiger partial charge is 0.354 e. The van der Waals surface area contributed by atoms with E-state index in [1.807, 2.05) is 12.3 Å². The molecular weight excluding hydrogens is 254 g/mol. The Kier molecular flexibility index (Phi) is 5.98. The second kappa shape index (κ2) is 7.75. The first kappa shape index (κ1) is 14.7. The highest BCUT2D eigenvalue weighted by atomic mass is 32.1. The van der Waals surface area contributed by atoms with Gasteiger partial charge in [0.1, 0.15) is 5.82 Å². The second-order valence-corrected chi connectivity index (χ2v) is 5.68. The molecule has 1 unspecified atom stereocenters. The Morgan fingerprint density at radius 2 is 2.05 bits per heavy atom. The molecule has 0 amide bonds. The first-order valence-corrected chi connectivity index (χ1v) is 7.96. The van der Waals surface area contributed by atoms with E-state index in [9.17, 15) is 0 Å². The summed E-state index contributed by atoms with van der Waals surface area (Å²) in [6, 6.07) is 6.14. The van der Waals surface area contributed by atoms with Crippen molar-refractivity contribution in [3.63, 3.8) is 0 Å². The lowest BCUT2D eigenvalue weighted by Crippen LogP contribution is -2.48. The number of hydrogen-bond donors (Lipinski definition) is 1. The lowest BCUT2D eigenvalue weighted by molar-refractivity contribution is 0.221. The highest BCUT2D eigenvalue weighted by Crippen LogP contribution is 2.15. The van der Waals surface area contributed by atoms with Crippen LogP contribution in [0.25, 0.3) is 0 Å². The van der Waals surface area contributed by atoms with Crippen LogP contribution < -0.4 is 4.90 Å². The van der Waals surface area contributed by atoms with Crippen LogP contribution in [-0.2, 0) is 0 Å². The molecule has 0 bridgehead atoms. The van der Waals surface area contributed by atoms with Gasteiger partial charge in [0.15, 0.2) is 0 Å². The minimum Gasteiger partial charge on any atom is -0.354 e. The summed E-state index contributed by atoms with van der Waals surface area (Å²) < 4.78 is 0. The highest BCUT2D eigenvalue weighted by molar-refractivity contribution is 7.80. The third-order valence-electron chi connectivity index (χ3n) is 3.82. The quantitative estimate of drug-likeness (QED) is 0.808. The van der Waals surface area contributed by atoms with Gasteiger partial charge in [-0.2, -0.15) is 12.6 Å². The first-order valence-electron chi connectivity index (χ1n) is 7.32. The first-order chi connectivity index (χ1) is 9.33. The Morgan fingerprint density at radius 1 is 1.26 bits per heavy atom. The van der Waals surface area contributed by atoms with Crippen LogP contribution >= 0.6 is 12.6 Å². The van der Waals surface area contributed by atoms with Gasteiger partial charge in [-0.1, -0.05) is 19.4 Å². The van der Waals surface area contributed by atoms with Crippen LogP contribution in [0.5, 0.6) is 0 Å². The molecule has 0 aromatic carbocycles. The number of anilines is 1. The molecule has 1 aromatic heterocycles. The van der Waals surface area contributed by atoms with E-state index < -0.39 is 0 Å². The summed E-state index contributed by atoms with van der Waals surface area (Å²) in [4.78, 5) is 9.39. The highest BCUT2D eigenvalue weighted by Gasteiger charge is 2.19. The van der Waals surface area contributed by atoms with Crippen molar-refractivity contribution in [3.05, 3.63) is 24.4 Å². The van der Waals surface area contributed by atoms with E-state index in [2.05, 4.69) is 46.5 Å². The van der Waals surface area contributed by atoms with Crippen molar-refractivity contribution in [2.24, 2.45) is 5.92 Å². The van der Waals surface area contributed by atoms with E-state index in [0.717, 1.165) is 43.7 Å². The molecule has 1 saturated heterocycles. The molecule has 19 heavy (non-hydrogen) atoms. The smallest absolute Gasteiger partial charge is 0.128 e. The van der Waals surface area contributed by atoms with Crippen LogP contribution in [0.2, 0.25) is 0 Å². The summed E-state index contributed by atoms with van der Waals surface area (Å²) in [5.41, 5.74) is 0. The molecule has 0 N–H and O–H groups in total. The number of hydrogen-bond acceptors (Lipinski definition) is 4. The molecule has 1 aliphatic heterocycles. The van der Waals surface area contributed by atoms with Crippen molar-refractivity contribution < 1.29 is 0 Å². The van der Waals surface area contributed by atoms with Crippen molar-refractivity contribution in [1.82, 2.24) is 9.88 Å². The van der Waals surface area contributed by atoms with Gasteiger partial charge in [0, 0.05) is 38.9 Å². The molecule has 1 fully saturated rings. The third kappa shape index (κ3) is 4.39. The van der Waals surface area contributed by atoms with Gasteiger partial charge in [0.2, 0.25) is 0 Å². The molecule has 1 atom stereocenters. The summed E-state index contributed by atoms with van der Waals surface area (Å²) in [5, 5.41) is 0. The molecular formula is C15H25N3S. The summed E-state index contributed by atoms with van der Waals surface area (Å²) in [5.74, 6) is 2.87. The zero-order valence-corrected chi connectivity index (χ0v) is 12.7. The maximum absolute atomic E-state index is 4.48. The Labute approximate surface area is 122 Å². The van der Waals surface area contributed by atoms with Crippen LogP contribution in [0, 0.1) is 5.92 Å². The lowest BCUT2D eigenvalue weighted by atomic mass is 10.1. The number of thiol groups is 1. The van der Waals surface area contributed by atoms with E-state index in [-0.39, 0.29) is 0 Å². The normalized spacial score (nSPS) is 18.5. The Balaban J connectivity index is 1.79. The standard InChI is InChI=1S/C15H25N3S/c1-2-5-14(13-19)12-17-8-10-18(11-9-17)15-6-3-4-7-16-15/h3-4,6-7,14,19H,2,5,8-13H2,1H3. The molecule has 0 saturated carbocycles. The fourth-order valence-electron chi connectivity index (χ4n) is 2.71. The number of rotatable bonds is 6. The van der Waals surface area contributed by atoms with Gasteiger partial charge in [-0.15, -0.1) is 0 Å². The van der Waals surface area contributed by atoms with Crippen molar-refractivity contribution in [2.75, 3.05) is 43.4 Å². The fourth-order valence-corrected chi connectivity index (χ4v) is 3.01. The topological polar surface area (TPSA) is 19.4 Å². The maximum atomic E-state index is 4.48. The molecule has 1 aromatic rings. The number of aromatic nitrogens is 1. The average Bonchev–Trinajstić information content (AvgIpc) is 2.48. The van der Waals surface area contributed by atoms with Crippen molar-refractivity contribution in [2.45, 2.75) is 19.8 Å². The monoisotopic (exact) mass is 279 g/mol. The molecule has 3 nitrogen and oxygen atoms in total. The van der Waals surface area contributed by atoms with Gasteiger partial charge >= 0.3 is 0 Å². The van der Waals surface area contributed by atoms with Gasteiger partial charge < -0.3 is 4.90 Å². The third-order valence-corrected chi connectivity index (χ3v) is 4.33. The second-order valence-electron chi connectivity index (χ2n) is 5.31. The summed E-state index contributed by atoms with van der Waals surface area (Å²) in [6.07, 6.45) is 4.43. The molecule has 2 heterocycles. The van der Waals surface area contributed by atoms with Crippen molar-refractivity contribution in [3.8, 4) is 0 Å². The fraction of sp³-hybridized carbons (Fsp3) is 0.667. The van der Waals surface area contributed by atoms with Gasteiger partial charge in [-0.3, -0.25) is 4.90 Å². The van der Waals surface area contributed by atoms with Gasteiger partial charge in [-0.25, -0.2) is 4.98 Å². The van der Waals surface area contributed by atoms with Crippen molar-refractivity contribution in [1.29, 1.82) is 0 Å². The summed E-state index contributed by atoms with van der Waals surface area (Å²) in [7, 11) is 0. The van der Waals surface area contributed by atoms with Gasteiger partial charge in [0.25, 0.3) is 0 Å². The van der Waals surface area contributed by atoms with Crippen LogP contribution in [0.3, 0.4) is 0 Å². The van der Waals surface area contributed by atoms with E-state index in [1.165, 1.54) is 19.4 Å². The molecule has 106 valence electrons. The zero-order valence-electron chi connectivity index (χ0n) is 11.8. The van der Waals surface area contributed by atoms with E-state index in [0.29, 0.717) is 0 Å². The average molecular weight is 279 g/mol. The number of pyridine rings is 1. The van der Waals surface area contributed by atoms with Crippen LogP contribution in [0.1, 0.15) is 19.8 Å². The molecule has 1 aliphatic rings. The Morgan fingerprint density at radius 3 is 2.63 bits per heavy atom. The van der Waals surface area contributed by atoms with Crippen LogP contribution in [0.15, 0.2) is 24.4 Å². The zero-order chi connectivity index (χ0) is 13.5. The predicted molar refractivity (Wildman–Crippen MR) is 85.1 cm³/mol. The molecule has 0 aliphatic carbocycles. The minimum absolute atomic E-state index is 0.745. The SMILES string of the molecule is CCCC(CS)CN1CCN(c2ccccn2)CC1. The number of nitrogens with zero attached hydrogens (tertiary/aromatic N) is 3. The Hall–Kier alpha value is -0.740. The molecule has 0 radical (unpaired) electrons. The van der Waals surface area contributed by atoms with Crippen LogP contribution in [-0.4, -0.2) is 48.4 Å². The maximum Gasteiger partial charge on any atom is 0.128 e. The van der Waals surface area contributed by atoms with Gasteiger partial charge in [0.05, 0.1) is 0 Å². The predicted octanol–water partition coefficient (Wildman–Crippen LogP) is 2.55. The molecule has 0 spiro atoms. The lowest BCUT2D eigenvalue weighted by Gasteiger charge is -2.36. The van der Waals surface area contributed by atoms with E-state index in [1.54, 1.807) is 0 Å². The number of piperazine rings is 1. The molecule has 4 heteroatoms. The minimum atomic E-state index is 0.745. The summed E-state index contributed by atoms with van der Waals surface area (Å²) in [6.45, 7) is 7.92. The Bertz CT molecular complexity index is 350. The summed E-state index contributed by atoms with van der Waals surface area (Å²) >= 11 is 4.48. The van der Waals surface area contributed by atoms with E-state index in [4.69, 9.17) is 0 Å². The van der Waals surface area contributed by atoms with Crippen LogP contribution in [0.4, 0.5) is 5.82 Å². The molecule has 2 rings (SSSR count). The van der Waals surface area contributed by atoms with Gasteiger partial charge in [-0.05, 0) is 30.2 Å². The van der Waals surface area contributed by atoms with Crippen molar-refractivity contribution >= 4 is 18.4 Å².